The first-order valence-electron chi connectivity index (χ1n) is 11.6. The molecule has 2 heterocycles. The number of carbonyl (C=O) groups excluding carboxylic acids is 1. The Morgan fingerprint density at radius 1 is 1.19 bits per heavy atom. The zero-order valence-corrected chi connectivity index (χ0v) is 20.6. The van der Waals surface area contributed by atoms with Crippen molar-refractivity contribution in [2.75, 3.05) is 13.7 Å². The van der Waals surface area contributed by atoms with Crippen LogP contribution < -0.4 is 20.8 Å². The van der Waals surface area contributed by atoms with Gasteiger partial charge in [0.25, 0.3) is 5.56 Å². The zero-order valence-electron chi connectivity index (χ0n) is 19.8. The van der Waals surface area contributed by atoms with Gasteiger partial charge in [-0.2, -0.15) is 4.80 Å². The molecule has 1 fully saturated rings. The summed E-state index contributed by atoms with van der Waals surface area (Å²) in [4.78, 5) is 26.6. The van der Waals surface area contributed by atoms with Gasteiger partial charge in [0.05, 0.1) is 18.5 Å². The van der Waals surface area contributed by atoms with Crippen molar-refractivity contribution < 1.29 is 19.0 Å². The van der Waals surface area contributed by atoms with Gasteiger partial charge in [0.15, 0.2) is 17.2 Å². The van der Waals surface area contributed by atoms with Gasteiger partial charge < -0.3 is 19.9 Å². The van der Waals surface area contributed by atoms with Crippen molar-refractivity contribution >= 4 is 17.6 Å². The summed E-state index contributed by atoms with van der Waals surface area (Å²) < 4.78 is 18.5. The molecule has 36 heavy (non-hydrogen) atoms. The van der Waals surface area contributed by atoms with Gasteiger partial charge in [-0.15, -0.1) is 5.10 Å². The molecular formula is C25H26ClN5O5. The highest BCUT2D eigenvalue weighted by atomic mass is 35.5. The second-order valence-corrected chi connectivity index (χ2v) is 9.25. The Hall–Kier alpha value is -3.76. The van der Waals surface area contributed by atoms with Gasteiger partial charge in [0.2, 0.25) is 0 Å². The molecule has 2 aromatic carbocycles. The van der Waals surface area contributed by atoms with Crippen LogP contribution in [-0.2, 0) is 9.53 Å². The van der Waals surface area contributed by atoms with Crippen molar-refractivity contribution in [3.8, 4) is 34.3 Å². The van der Waals surface area contributed by atoms with Crippen molar-refractivity contribution in [1.29, 1.82) is 0 Å². The first-order chi connectivity index (χ1) is 17.3. The summed E-state index contributed by atoms with van der Waals surface area (Å²) in [6.07, 6.45) is 3.28. The van der Waals surface area contributed by atoms with Crippen LogP contribution in [0, 0.1) is 5.92 Å². The lowest BCUT2D eigenvalue weighted by Crippen LogP contribution is -2.35. The Kier molecular flexibility index (Phi) is 6.46. The number of hydrogen-bond acceptors (Lipinski definition) is 7. The fraction of sp³-hybridized carbons (Fsp3) is 0.320. The molecule has 11 heteroatoms. The van der Waals surface area contributed by atoms with Gasteiger partial charge in [-0.25, -0.2) is 0 Å². The average molecular weight is 512 g/mol. The van der Waals surface area contributed by atoms with Crippen LogP contribution in [0.5, 0.6) is 11.5 Å². The molecule has 0 saturated heterocycles. The van der Waals surface area contributed by atoms with E-state index < -0.39 is 12.0 Å². The van der Waals surface area contributed by atoms with Crippen LogP contribution in [0.15, 0.2) is 53.5 Å². The Labute approximate surface area is 211 Å². The van der Waals surface area contributed by atoms with Crippen molar-refractivity contribution in [1.82, 2.24) is 19.6 Å². The molecule has 188 valence electrons. The number of methoxy groups -OCH3 is 1. The predicted octanol–water partition coefficient (Wildman–Crippen LogP) is 3.17. The highest BCUT2D eigenvalue weighted by molar-refractivity contribution is 6.30. The second-order valence-electron chi connectivity index (χ2n) is 8.81. The van der Waals surface area contributed by atoms with Crippen LogP contribution in [0.4, 0.5) is 0 Å². The summed E-state index contributed by atoms with van der Waals surface area (Å²) >= 11 is 5.95. The number of nitrogens with zero attached hydrogens (tertiary/aromatic N) is 3. The summed E-state index contributed by atoms with van der Waals surface area (Å²) in [7, 11) is 1.52. The largest absolute Gasteiger partial charge is 0.493 e. The second kappa shape index (κ2) is 9.71. The Morgan fingerprint density at radius 2 is 1.92 bits per heavy atom. The van der Waals surface area contributed by atoms with E-state index in [-0.39, 0.29) is 24.2 Å². The number of H-pyrrole nitrogens is 1. The number of benzene rings is 2. The Bertz CT molecular complexity index is 1400. The number of aromatic amines is 1. The van der Waals surface area contributed by atoms with Gasteiger partial charge >= 0.3 is 5.97 Å². The monoisotopic (exact) mass is 511 g/mol. The summed E-state index contributed by atoms with van der Waals surface area (Å²) in [6.45, 7) is 1.78. The third kappa shape index (κ3) is 4.82. The quantitative estimate of drug-likeness (QED) is 0.330. The lowest BCUT2D eigenvalue weighted by atomic mass is 10.2. The lowest BCUT2D eigenvalue weighted by Gasteiger charge is -2.20. The van der Waals surface area contributed by atoms with Crippen molar-refractivity contribution in [2.45, 2.75) is 31.9 Å². The molecule has 5 rings (SSSR count). The van der Waals surface area contributed by atoms with Crippen molar-refractivity contribution in [2.24, 2.45) is 11.7 Å². The van der Waals surface area contributed by atoms with E-state index in [9.17, 15) is 9.59 Å². The molecule has 0 bridgehead atoms. The zero-order chi connectivity index (χ0) is 25.4. The van der Waals surface area contributed by atoms with E-state index >= 15 is 0 Å². The molecule has 3 aliphatic rings. The normalized spacial score (nSPS) is 15.0. The first-order valence-corrected chi connectivity index (χ1v) is 12.0. The number of carbonyl (C=O) groups is 1. The van der Waals surface area contributed by atoms with Crippen LogP contribution in [0.3, 0.4) is 0 Å². The van der Waals surface area contributed by atoms with E-state index in [1.807, 2.05) is 0 Å². The third-order valence-corrected chi connectivity index (χ3v) is 6.30. The van der Waals surface area contributed by atoms with Crippen LogP contribution in [-0.4, -0.2) is 51.4 Å². The van der Waals surface area contributed by atoms with E-state index in [1.165, 1.54) is 16.5 Å². The third-order valence-electron chi connectivity index (χ3n) is 6.05. The van der Waals surface area contributed by atoms with E-state index in [0.717, 1.165) is 18.5 Å². The number of hydrogen-bond donors (Lipinski definition) is 2. The summed E-state index contributed by atoms with van der Waals surface area (Å²) in [6, 6.07) is 11.6. The van der Waals surface area contributed by atoms with Crippen molar-refractivity contribution in [3.05, 3.63) is 64.0 Å². The van der Waals surface area contributed by atoms with Crippen LogP contribution in [0.1, 0.15) is 19.8 Å². The maximum absolute atomic E-state index is 13.1. The maximum atomic E-state index is 13.1. The molecule has 1 aliphatic carbocycles. The smallest absolute Gasteiger partial charge is 0.323 e. The highest BCUT2D eigenvalue weighted by Gasteiger charge is 2.35. The molecule has 0 spiro atoms. The number of aromatic nitrogens is 4. The molecule has 2 atom stereocenters. The molecule has 0 radical (unpaired) electrons. The Morgan fingerprint density at radius 3 is 2.56 bits per heavy atom. The fourth-order valence-electron chi connectivity index (χ4n) is 3.88. The molecule has 2 aliphatic heterocycles. The minimum atomic E-state index is -0.691. The molecule has 2 unspecified atom stereocenters. The standard InChI is InChI=1S/C25H26ClN5O5/c1-14(27)25(33)36-22(15-3-4-15)13-35-20-10-9-18(11-21(20)34-2)30-12-19-23(24(30)32)29-31(28-19)17-7-5-16(26)6-8-17/h5-12,14-15,22,28H,3-4,13,27H2,1-2H3. The van der Waals surface area contributed by atoms with Gasteiger partial charge in [-0.1, -0.05) is 11.6 Å². The van der Waals surface area contributed by atoms with E-state index in [1.54, 1.807) is 55.6 Å². The van der Waals surface area contributed by atoms with Crippen molar-refractivity contribution in [3.63, 3.8) is 0 Å². The summed E-state index contributed by atoms with van der Waals surface area (Å²) in [5.41, 5.74) is 7.58. The molecular weight excluding hydrogens is 486 g/mol. The van der Waals surface area contributed by atoms with Gasteiger partial charge in [-0.3, -0.25) is 19.3 Å². The minimum absolute atomic E-state index is 0.187. The van der Waals surface area contributed by atoms with Gasteiger partial charge in [-0.05, 0) is 62.1 Å². The SMILES string of the molecule is COc1cc(-n2cc3[nH]n(-c4ccc(Cl)cc4)nc-3c2=O)ccc1OCC(OC(=O)C(C)N)C1CC1. The minimum Gasteiger partial charge on any atom is -0.493 e. The van der Waals surface area contributed by atoms with Crippen LogP contribution in [0.2, 0.25) is 5.02 Å². The molecule has 0 amide bonds. The number of rotatable bonds is 9. The number of nitrogens with one attached hydrogen (secondary N) is 1. The number of fused-ring (bicyclic) bond motifs is 1. The van der Waals surface area contributed by atoms with Gasteiger partial charge in [0, 0.05) is 17.3 Å². The van der Waals surface area contributed by atoms with E-state index in [2.05, 4.69) is 10.2 Å². The van der Waals surface area contributed by atoms with Gasteiger partial charge in [0.1, 0.15) is 24.4 Å². The number of ether oxygens (including phenoxy) is 3. The van der Waals surface area contributed by atoms with E-state index in [4.69, 9.17) is 31.5 Å². The number of esters is 1. The molecule has 0 aromatic heterocycles. The Balaban J connectivity index is 1.36. The first kappa shape index (κ1) is 24.0. The molecule has 10 nitrogen and oxygen atoms in total. The number of nitrogens with two attached hydrogens (primary N) is 1. The lowest BCUT2D eigenvalue weighted by molar-refractivity contribution is -0.153. The summed E-state index contributed by atoms with van der Waals surface area (Å²) in [5.74, 6) is 0.746. The molecule has 1 saturated carbocycles. The average Bonchev–Trinajstić information content (AvgIpc) is 3.56. The van der Waals surface area contributed by atoms with E-state index in [0.29, 0.717) is 33.6 Å². The molecule has 3 N–H and O–H groups in total. The fourth-order valence-corrected chi connectivity index (χ4v) is 4.01. The van der Waals surface area contributed by atoms with Crippen LogP contribution >= 0.6 is 11.6 Å². The molecule has 2 aromatic rings. The maximum Gasteiger partial charge on any atom is 0.323 e. The topological polar surface area (TPSA) is 126 Å². The summed E-state index contributed by atoms with van der Waals surface area (Å²) in [5, 5.41) is 8.13. The highest BCUT2D eigenvalue weighted by Crippen LogP contribution is 2.36. The number of halogens is 1. The predicted molar refractivity (Wildman–Crippen MR) is 133 cm³/mol. The van der Waals surface area contributed by atoms with Crippen LogP contribution in [0.25, 0.3) is 22.8 Å².